The molecule has 0 aromatic carbocycles. The Labute approximate surface area is 151 Å². The van der Waals surface area contributed by atoms with Crippen LogP contribution in [0.4, 0.5) is 0 Å². The number of nitrogens with one attached hydrogen (secondary N) is 1. The van der Waals surface area contributed by atoms with E-state index in [1.165, 1.54) is 0 Å². The van der Waals surface area contributed by atoms with E-state index < -0.39 is 0 Å². The standard InChI is InChI=1S/C19H33N5O/c1-13(2)11-23-9-7-15(8-10-23)19(25)20-16-5-6-17-21-22-18(14(3)4)24(17)12-16/h13-16H,5-12H2,1-4H3,(H,20,25)/t16-/m1/s1. The van der Waals surface area contributed by atoms with Crippen LogP contribution in [0.5, 0.6) is 0 Å². The first-order valence-electron chi connectivity index (χ1n) is 9.88. The van der Waals surface area contributed by atoms with Gasteiger partial charge in [0.1, 0.15) is 11.6 Å². The lowest BCUT2D eigenvalue weighted by molar-refractivity contribution is -0.127. The van der Waals surface area contributed by atoms with Crippen LogP contribution in [0.15, 0.2) is 0 Å². The number of rotatable bonds is 5. The Bertz CT molecular complexity index is 587. The van der Waals surface area contributed by atoms with E-state index in [1.807, 2.05) is 0 Å². The summed E-state index contributed by atoms with van der Waals surface area (Å²) in [6.07, 6.45) is 3.84. The third-order valence-corrected chi connectivity index (χ3v) is 5.42. The molecule has 1 aromatic heterocycles. The average molecular weight is 348 g/mol. The Balaban J connectivity index is 1.52. The molecule has 140 valence electrons. The number of aromatic nitrogens is 3. The number of hydrogen-bond acceptors (Lipinski definition) is 4. The highest BCUT2D eigenvalue weighted by molar-refractivity contribution is 5.79. The van der Waals surface area contributed by atoms with E-state index >= 15 is 0 Å². The van der Waals surface area contributed by atoms with Gasteiger partial charge in [0.25, 0.3) is 0 Å². The van der Waals surface area contributed by atoms with E-state index in [-0.39, 0.29) is 17.9 Å². The van der Waals surface area contributed by atoms with E-state index in [0.717, 1.165) is 63.5 Å². The summed E-state index contributed by atoms with van der Waals surface area (Å²) in [6.45, 7) is 12.9. The van der Waals surface area contributed by atoms with Crippen LogP contribution in [0.2, 0.25) is 0 Å². The molecule has 3 heterocycles. The summed E-state index contributed by atoms with van der Waals surface area (Å²) in [5, 5.41) is 11.9. The second-order valence-electron chi connectivity index (χ2n) is 8.45. The van der Waals surface area contributed by atoms with Gasteiger partial charge in [-0.15, -0.1) is 10.2 Å². The van der Waals surface area contributed by atoms with E-state index in [0.29, 0.717) is 11.8 Å². The lowest BCUT2D eigenvalue weighted by Crippen LogP contribution is -2.47. The third kappa shape index (κ3) is 4.40. The lowest BCUT2D eigenvalue weighted by atomic mass is 9.94. The van der Waals surface area contributed by atoms with Gasteiger partial charge in [0, 0.05) is 37.4 Å². The summed E-state index contributed by atoms with van der Waals surface area (Å²) < 4.78 is 2.21. The van der Waals surface area contributed by atoms with Gasteiger partial charge in [-0.1, -0.05) is 27.7 Å². The van der Waals surface area contributed by atoms with Gasteiger partial charge < -0.3 is 14.8 Å². The maximum Gasteiger partial charge on any atom is 0.223 e. The number of amides is 1. The van der Waals surface area contributed by atoms with Gasteiger partial charge in [-0.3, -0.25) is 4.79 Å². The normalized spacial score (nSPS) is 22.4. The fraction of sp³-hybridized carbons (Fsp3) is 0.842. The Kier molecular flexibility index (Phi) is 5.77. The molecule has 0 radical (unpaired) electrons. The molecular weight excluding hydrogens is 314 g/mol. The van der Waals surface area contributed by atoms with Crippen molar-refractivity contribution in [3.63, 3.8) is 0 Å². The fourth-order valence-corrected chi connectivity index (χ4v) is 4.11. The largest absolute Gasteiger partial charge is 0.351 e. The summed E-state index contributed by atoms with van der Waals surface area (Å²) in [7, 11) is 0. The molecule has 0 spiro atoms. The maximum absolute atomic E-state index is 12.7. The van der Waals surface area contributed by atoms with Crippen LogP contribution in [-0.4, -0.2) is 51.2 Å². The molecule has 25 heavy (non-hydrogen) atoms. The molecular formula is C19H33N5O. The molecule has 1 aromatic rings. The molecule has 3 rings (SSSR count). The van der Waals surface area contributed by atoms with Crippen molar-refractivity contribution in [3.05, 3.63) is 11.6 Å². The first-order chi connectivity index (χ1) is 11.9. The Hall–Kier alpha value is -1.43. The quantitative estimate of drug-likeness (QED) is 0.887. The number of piperidine rings is 1. The highest BCUT2D eigenvalue weighted by atomic mass is 16.2. The Morgan fingerprint density at radius 2 is 1.88 bits per heavy atom. The minimum absolute atomic E-state index is 0.176. The molecule has 0 aliphatic carbocycles. The number of nitrogens with zero attached hydrogens (tertiary/aromatic N) is 4. The minimum Gasteiger partial charge on any atom is -0.351 e. The first kappa shape index (κ1) is 18.4. The van der Waals surface area contributed by atoms with Crippen molar-refractivity contribution in [1.82, 2.24) is 25.0 Å². The molecule has 1 fully saturated rings. The van der Waals surface area contributed by atoms with Gasteiger partial charge in [-0.2, -0.15) is 0 Å². The molecule has 1 saturated heterocycles. The molecule has 1 N–H and O–H groups in total. The van der Waals surface area contributed by atoms with Crippen LogP contribution in [0.1, 0.15) is 64.5 Å². The highest BCUT2D eigenvalue weighted by Crippen LogP contribution is 2.22. The van der Waals surface area contributed by atoms with Crippen molar-refractivity contribution < 1.29 is 4.79 Å². The van der Waals surface area contributed by atoms with Crippen molar-refractivity contribution in [2.45, 2.75) is 71.9 Å². The topological polar surface area (TPSA) is 63.1 Å². The molecule has 0 saturated carbocycles. The van der Waals surface area contributed by atoms with Crippen LogP contribution < -0.4 is 5.32 Å². The molecule has 6 nitrogen and oxygen atoms in total. The van der Waals surface area contributed by atoms with Gasteiger partial charge >= 0.3 is 0 Å². The number of fused-ring (bicyclic) bond motifs is 1. The van der Waals surface area contributed by atoms with Gasteiger partial charge in [-0.05, 0) is 38.3 Å². The minimum atomic E-state index is 0.176. The lowest BCUT2D eigenvalue weighted by Gasteiger charge is -2.33. The van der Waals surface area contributed by atoms with Crippen LogP contribution in [-0.2, 0) is 17.8 Å². The second-order valence-corrected chi connectivity index (χ2v) is 8.45. The molecule has 0 bridgehead atoms. The van der Waals surface area contributed by atoms with Gasteiger partial charge in [0.05, 0.1) is 0 Å². The summed E-state index contributed by atoms with van der Waals surface area (Å²) in [5.41, 5.74) is 0. The molecule has 2 aliphatic heterocycles. The molecule has 1 amide bonds. The van der Waals surface area contributed by atoms with E-state index in [1.54, 1.807) is 0 Å². The van der Waals surface area contributed by atoms with Gasteiger partial charge in [0.15, 0.2) is 0 Å². The fourth-order valence-electron chi connectivity index (χ4n) is 4.11. The van der Waals surface area contributed by atoms with Crippen molar-refractivity contribution in [2.24, 2.45) is 11.8 Å². The SMILES string of the molecule is CC(C)CN1CCC(C(=O)N[C@@H]2CCc3nnc(C(C)C)n3C2)CC1. The first-order valence-corrected chi connectivity index (χ1v) is 9.88. The third-order valence-electron chi connectivity index (χ3n) is 5.42. The van der Waals surface area contributed by atoms with E-state index in [9.17, 15) is 4.79 Å². The molecule has 6 heteroatoms. The zero-order valence-electron chi connectivity index (χ0n) is 16.2. The number of likely N-dealkylation sites (tertiary alicyclic amines) is 1. The van der Waals surface area contributed by atoms with Crippen molar-refractivity contribution in [2.75, 3.05) is 19.6 Å². The van der Waals surface area contributed by atoms with Crippen molar-refractivity contribution in [3.8, 4) is 0 Å². The second kappa shape index (κ2) is 7.85. The summed E-state index contributed by atoms with van der Waals surface area (Å²) in [6, 6.07) is 0.210. The predicted molar refractivity (Wildman–Crippen MR) is 98.4 cm³/mol. The molecule has 2 aliphatic rings. The van der Waals surface area contributed by atoms with E-state index in [2.05, 4.69) is 52.7 Å². The zero-order chi connectivity index (χ0) is 18.0. The van der Waals surface area contributed by atoms with Gasteiger partial charge in [0.2, 0.25) is 5.91 Å². The van der Waals surface area contributed by atoms with E-state index in [4.69, 9.17) is 0 Å². The molecule has 0 unspecified atom stereocenters. The average Bonchev–Trinajstić information content (AvgIpc) is 2.98. The summed E-state index contributed by atoms with van der Waals surface area (Å²) in [4.78, 5) is 15.2. The Morgan fingerprint density at radius 1 is 1.16 bits per heavy atom. The van der Waals surface area contributed by atoms with Crippen molar-refractivity contribution >= 4 is 5.91 Å². The van der Waals surface area contributed by atoms with Crippen LogP contribution >= 0.6 is 0 Å². The summed E-state index contributed by atoms with van der Waals surface area (Å²) >= 11 is 0. The zero-order valence-corrected chi connectivity index (χ0v) is 16.2. The number of aryl methyl sites for hydroxylation is 1. The van der Waals surface area contributed by atoms with Crippen molar-refractivity contribution in [1.29, 1.82) is 0 Å². The number of carbonyl (C=O) groups excluding carboxylic acids is 1. The molecule has 1 atom stereocenters. The smallest absolute Gasteiger partial charge is 0.223 e. The summed E-state index contributed by atoms with van der Waals surface area (Å²) in [5.74, 6) is 3.58. The number of hydrogen-bond donors (Lipinski definition) is 1. The van der Waals surface area contributed by atoms with Gasteiger partial charge in [-0.25, -0.2) is 0 Å². The maximum atomic E-state index is 12.7. The number of carbonyl (C=O) groups is 1. The predicted octanol–water partition coefficient (Wildman–Crippen LogP) is 2.20. The van der Waals surface area contributed by atoms with Crippen LogP contribution in [0.25, 0.3) is 0 Å². The van der Waals surface area contributed by atoms with Crippen LogP contribution in [0.3, 0.4) is 0 Å². The Morgan fingerprint density at radius 3 is 2.52 bits per heavy atom. The highest BCUT2D eigenvalue weighted by Gasteiger charge is 2.29. The monoisotopic (exact) mass is 347 g/mol. The van der Waals surface area contributed by atoms with Crippen LogP contribution in [0, 0.1) is 11.8 Å².